The second-order valence-electron chi connectivity index (χ2n) is 6.61. The first-order chi connectivity index (χ1) is 12.5. The molecule has 0 radical (unpaired) electrons. The number of nitrogens with one attached hydrogen (secondary N) is 1. The number of piperidine rings is 1. The lowest BCUT2D eigenvalue weighted by atomic mass is 10.1. The van der Waals surface area contributed by atoms with E-state index < -0.39 is 5.82 Å². The summed E-state index contributed by atoms with van der Waals surface area (Å²) in [6, 6.07) is 11.6. The van der Waals surface area contributed by atoms with Crippen molar-refractivity contribution in [1.82, 2.24) is 4.90 Å². The van der Waals surface area contributed by atoms with Crippen molar-refractivity contribution in [1.29, 1.82) is 0 Å². The normalized spacial score (nSPS) is 15.7. The van der Waals surface area contributed by atoms with E-state index in [2.05, 4.69) is 17.3 Å². The molecule has 138 valence electrons. The largest absolute Gasteiger partial charge is 0.490 e. The Labute approximate surface area is 157 Å². The molecule has 0 unspecified atom stereocenters. The summed E-state index contributed by atoms with van der Waals surface area (Å²) in [6.07, 6.45) is 2.22. The van der Waals surface area contributed by atoms with Crippen LogP contribution >= 0.6 is 11.6 Å². The van der Waals surface area contributed by atoms with Gasteiger partial charge in [0.25, 0.3) is 0 Å². The molecule has 1 N–H and O–H groups in total. The van der Waals surface area contributed by atoms with E-state index in [0.717, 1.165) is 31.7 Å². The predicted molar refractivity (Wildman–Crippen MR) is 101 cm³/mol. The average molecular weight is 377 g/mol. The molecule has 26 heavy (non-hydrogen) atoms. The molecule has 1 heterocycles. The molecule has 1 aliphatic rings. The number of carbonyl (C=O) groups is 1. The highest BCUT2D eigenvalue weighted by atomic mass is 35.5. The van der Waals surface area contributed by atoms with Crippen LogP contribution in [0.25, 0.3) is 0 Å². The molecule has 1 fully saturated rings. The Hall–Kier alpha value is -2.11. The van der Waals surface area contributed by atoms with E-state index in [1.54, 1.807) is 18.2 Å². The maximum absolute atomic E-state index is 13.8. The molecule has 3 rings (SSSR count). The molecule has 2 aromatic rings. The van der Waals surface area contributed by atoms with Gasteiger partial charge in [-0.25, -0.2) is 4.39 Å². The van der Waals surface area contributed by atoms with Crippen molar-refractivity contribution in [2.24, 2.45) is 0 Å². The van der Waals surface area contributed by atoms with E-state index in [4.69, 9.17) is 16.3 Å². The fourth-order valence-corrected chi connectivity index (χ4v) is 3.11. The molecule has 0 aromatic heterocycles. The summed E-state index contributed by atoms with van der Waals surface area (Å²) < 4.78 is 19.8. The second kappa shape index (κ2) is 8.52. The van der Waals surface area contributed by atoms with Gasteiger partial charge in [0, 0.05) is 23.8 Å². The number of carbonyl (C=O) groups excluding carboxylic acids is 1. The summed E-state index contributed by atoms with van der Waals surface area (Å²) in [4.78, 5) is 14.4. The van der Waals surface area contributed by atoms with E-state index >= 15 is 0 Å². The molecule has 1 saturated heterocycles. The van der Waals surface area contributed by atoms with Crippen molar-refractivity contribution in [2.75, 3.05) is 25.5 Å². The van der Waals surface area contributed by atoms with Crippen LogP contribution in [0.15, 0.2) is 42.5 Å². The van der Waals surface area contributed by atoms with Gasteiger partial charge in [0.2, 0.25) is 5.91 Å². The Morgan fingerprint density at radius 1 is 1.23 bits per heavy atom. The topological polar surface area (TPSA) is 41.6 Å². The van der Waals surface area contributed by atoms with Crippen LogP contribution in [0.2, 0.25) is 5.02 Å². The Kier molecular flexibility index (Phi) is 6.12. The van der Waals surface area contributed by atoms with Crippen LogP contribution < -0.4 is 10.1 Å². The first kappa shape index (κ1) is 18.7. The number of hydrogen-bond donors (Lipinski definition) is 1. The Morgan fingerprint density at radius 3 is 2.58 bits per heavy atom. The third kappa shape index (κ3) is 5.19. The van der Waals surface area contributed by atoms with Crippen LogP contribution in [-0.2, 0) is 11.2 Å². The van der Waals surface area contributed by atoms with Crippen molar-refractivity contribution in [3.8, 4) is 5.75 Å². The highest BCUT2D eigenvalue weighted by molar-refractivity contribution is 6.30. The number of nitrogens with zero attached hydrogens (tertiary/aromatic N) is 1. The smallest absolute Gasteiger partial charge is 0.228 e. The van der Waals surface area contributed by atoms with Crippen molar-refractivity contribution in [3.63, 3.8) is 0 Å². The van der Waals surface area contributed by atoms with Gasteiger partial charge in [-0.1, -0.05) is 17.7 Å². The molecule has 1 amide bonds. The molecule has 1 aliphatic heterocycles. The van der Waals surface area contributed by atoms with Crippen LogP contribution in [0.1, 0.15) is 18.4 Å². The van der Waals surface area contributed by atoms with Gasteiger partial charge in [0.05, 0.1) is 6.42 Å². The summed E-state index contributed by atoms with van der Waals surface area (Å²) in [6.45, 7) is 2.08. The minimum atomic E-state index is -0.477. The number of likely N-dealkylation sites (tertiary alicyclic amines) is 1. The SMILES string of the molecule is CN1CCC(Oc2ccc(NC(=O)Cc3ccc(Cl)cc3F)cc2)CC1. The summed E-state index contributed by atoms with van der Waals surface area (Å²) in [5.41, 5.74) is 0.967. The zero-order valence-electron chi connectivity index (χ0n) is 14.7. The zero-order valence-corrected chi connectivity index (χ0v) is 15.4. The predicted octanol–water partition coefficient (Wildman–Crippen LogP) is 4.13. The standard InChI is InChI=1S/C20H22ClFN2O2/c1-24-10-8-18(9-11-24)26-17-6-4-16(5-7-17)23-20(25)12-14-2-3-15(21)13-19(14)22/h2-7,13,18H,8-12H2,1H3,(H,23,25). The number of hydrogen-bond acceptors (Lipinski definition) is 3. The molecule has 0 bridgehead atoms. The fourth-order valence-electron chi connectivity index (χ4n) is 2.96. The number of halogens is 2. The monoisotopic (exact) mass is 376 g/mol. The van der Waals surface area contributed by atoms with Crippen molar-refractivity contribution in [2.45, 2.75) is 25.4 Å². The summed E-state index contributed by atoms with van der Waals surface area (Å²) in [5, 5.41) is 3.08. The molecule has 6 heteroatoms. The molecule has 0 aliphatic carbocycles. The molecule has 2 aromatic carbocycles. The zero-order chi connectivity index (χ0) is 18.5. The van der Waals surface area contributed by atoms with E-state index in [-0.39, 0.29) is 18.4 Å². The first-order valence-corrected chi connectivity index (χ1v) is 9.06. The van der Waals surface area contributed by atoms with Crippen LogP contribution in [0.4, 0.5) is 10.1 Å². The number of ether oxygens (including phenoxy) is 1. The Morgan fingerprint density at radius 2 is 1.92 bits per heavy atom. The molecule has 0 atom stereocenters. The number of benzene rings is 2. The fraction of sp³-hybridized carbons (Fsp3) is 0.350. The van der Waals surface area contributed by atoms with Crippen LogP contribution in [0.3, 0.4) is 0 Å². The van der Waals surface area contributed by atoms with E-state index in [9.17, 15) is 9.18 Å². The molecule has 4 nitrogen and oxygen atoms in total. The second-order valence-corrected chi connectivity index (χ2v) is 7.04. The van der Waals surface area contributed by atoms with Crippen LogP contribution in [0.5, 0.6) is 5.75 Å². The molecule has 0 saturated carbocycles. The maximum Gasteiger partial charge on any atom is 0.228 e. The van der Waals surface area contributed by atoms with Gasteiger partial charge >= 0.3 is 0 Å². The number of anilines is 1. The van der Waals surface area contributed by atoms with Crippen LogP contribution in [0, 0.1) is 5.82 Å². The lowest BCUT2D eigenvalue weighted by molar-refractivity contribution is -0.115. The van der Waals surface area contributed by atoms with Gasteiger partial charge in [-0.05, 0) is 61.9 Å². The Balaban J connectivity index is 1.52. The minimum absolute atomic E-state index is 0.0448. The summed E-state index contributed by atoms with van der Waals surface area (Å²) >= 11 is 5.72. The first-order valence-electron chi connectivity index (χ1n) is 8.68. The van der Waals surface area contributed by atoms with Crippen LogP contribution in [-0.4, -0.2) is 37.0 Å². The lowest BCUT2D eigenvalue weighted by Crippen LogP contribution is -2.35. The molecular weight excluding hydrogens is 355 g/mol. The average Bonchev–Trinajstić information content (AvgIpc) is 2.61. The van der Waals surface area contributed by atoms with Crippen molar-refractivity contribution < 1.29 is 13.9 Å². The van der Waals surface area contributed by atoms with E-state index in [1.165, 1.54) is 12.1 Å². The number of amides is 1. The van der Waals surface area contributed by atoms with Gasteiger partial charge in [-0.2, -0.15) is 0 Å². The lowest BCUT2D eigenvalue weighted by Gasteiger charge is -2.29. The van der Waals surface area contributed by atoms with E-state index in [0.29, 0.717) is 16.3 Å². The molecule has 0 spiro atoms. The van der Waals surface area contributed by atoms with Gasteiger partial charge in [0.15, 0.2) is 0 Å². The quantitative estimate of drug-likeness (QED) is 0.853. The number of rotatable bonds is 5. The summed E-state index contributed by atoms with van der Waals surface area (Å²) in [7, 11) is 2.11. The van der Waals surface area contributed by atoms with Gasteiger partial charge in [-0.15, -0.1) is 0 Å². The third-order valence-electron chi connectivity index (χ3n) is 4.47. The third-order valence-corrected chi connectivity index (χ3v) is 4.71. The van der Waals surface area contributed by atoms with E-state index in [1.807, 2.05) is 12.1 Å². The van der Waals surface area contributed by atoms with Gasteiger partial charge < -0.3 is 15.0 Å². The van der Waals surface area contributed by atoms with Gasteiger partial charge in [0.1, 0.15) is 17.7 Å². The summed E-state index contributed by atoms with van der Waals surface area (Å²) in [5.74, 6) is 0.0334. The highest BCUT2D eigenvalue weighted by Gasteiger charge is 2.18. The van der Waals surface area contributed by atoms with Gasteiger partial charge in [-0.3, -0.25) is 4.79 Å². The minimum Gasteiger partial charge on any atom is -0.490 e. The highest BCUT2D eigenvalue weighted by Crippen LogP contribution is 2.21. The van der Waals surface area contributed by atoms with Crippen molar-refractivity contribution >= 4 is 23.2 Å². The van der Waals surface area contributed by atoms with Crippen molar-refractivity contribution in [3.05, 3.63) is 58.9 Å². The maximum atomic E-state index is 13.8. The molecular formula is C20H22ClFN2O2. The Bertz CT molecular complexity index is 759.